The Balaban J connectivity index is 1.80. The summed E-state index contributed by atoms with van der Waals surface area (Å²) in [5.41, 5.74) is 0.825. The maximum absolute atomic E-state index is 13.3. The Kier molecular flexibility index (Phi) is 5.76. The predicted octanol–water partition coefficient (Wildman–Crippen LogP) is 4.04. The van der Waals surface area contributed by atoms with Gasteiger partial charge in [0.25, 0.3) is 0 Å². The molecule has 1 amide bonds. The minimum Gasteiger partial charge on any atom is -0.504 e. The van der Waals surface area contributed by atoms with Crippen LogP contribution in [0.3, 0.4) is 0 Å². The number of aromatic nitrogens is 1. The standard InChI is InChI=1S/C21H26N2O3/c1-15(13-16-10-11-18(24)19(25)14-16)21(26)23(17-7-3-2-4-8-17)20-9-5-6-12-22-20/h5-6,9-12,14-15,17,24-25H,2-4,7-8,13H2,1H3. The number of phenols is 2. The number of hydrogen-bond acceptors (Lipinski definition) is 4. The van der Waals surface area contributed by atoms with Crippen molar-refractivity contribution in [3.8, 4) is 11.5 Å². The lowest BCUT2D eigenvalue weighted by Gasteiger charge is -2.35. The van der Waals surface area contributed by atoms with Gasteiger partial charge in [-0.3, -0.25) is 9.69 Å². The highest BCUT2D eigenvalue weighted by atomic mass is 16.3. The first kappa shape index (κ1) is 18.2. The molecule has 1 aromatic heterocycles. The largest absolute Gasteiger partial charge is 0.504 e. The van der Waals surface area contributed by atoms with Crippen LogP contribution in [0.15, 0.2) is 42.6 Å². The van der Waals surface area contributed by atoms with E-state index in [0.29, 0.717) is 12.2 Å². The number of carbonyl (C=O) groups is 1. The number of pyridine rings is 1. The van der Waals surface area contributed by atoms with Crippen LogP contribution in [0.1, 0.15) is 44.6 Å². The first-order chi connectivity index (χ1) is 12.6. The van der Waals surface area contributed by atoms with Gasteiger partial charge in [0.2, 0.25) is 5.91 Å². The second kappa shape index (κ2) is 8.21. The van der Waals surface area contributed by atoms with Gasteiger partial charge >= 0.3 is 0 Å². The Morgan fingerprint density at radius 3 is 2.58 bits per heavy atom. The molecule has 1 heterocycles. The van der Waals surface area contributed by atoms with Crippen LogP contribution >= 0.6 is 0 Å². The molecule has 1 aliphatic carbocycles. The van der Waals surface area contributed by atoms with Crippen LogP contribution in [-0.4, -0.2) is 27.1 Å². The molecule has 0 aliphatic heterocycles. The van der Waals surface area contributed by atoms with Crippen LogP contribution in [0.25, 0.3) is 0 Å². The first-order valence-electron chi connectivity index (χ1n) is 9.31. The Hall–Kier alpha value is -2.56. The molecule has 26 heavy (non-hydrogen) atoms. The van der Waals surface area contributed by atoms with Crippen LogP contribution in [0.5, 0.6) is 11.5 Å². The summed E-state index contributed by atoms with van der Waals surface area (Å²) in [6.45, 7) is 1.91. The highest BCUT2D eigenvalue weighted by Crippen LogP contribution is 2.30. The van der Waals surface area contributed by atoms with Crippen molar-refractivity contribution in [1.82, 2.24) is 4.98 Å². The van der Waals surface area contributed by atoms with E-state index in [0.717, 1.165) is 31.2 Å². The average Bonchev–Trinajstić information content (AvgIpc) is 2.66. The van der Waals surface area contributed by atoms with E-state index in [1.54, 1.807) is 12.3 Å². The highest BCUT2D eigenvalue weighted by Gasteiger charge is 2.30. The summed E-state index contributed by atoms with van der Waals surface area (Å²) in [5, 5.41) is 19.1. The number of aromatic hydroxyl groups is 2. The number of rotatable bonds is 5. The zero-order valence-corrected chi connectivity index (χ0v) is 15.1. The number of hydrogen-bond donors (Lipinski definition) is 2. The minimum atomic E-state index is -0.247. The van der Waals surface area contributed by atoms with E-state index < -0.39 is 0 Å². The molecule has 1 aromatic carbocycles. The molecule has 0 radical (unpaired) electrons. The molecule has 0 saturated heterocycles. The van der Waals surface area contributed by atoms with Gasteiger partial charge < -0.3 is 10.2 Å². The molecule has 0 bridgehead atoms. The van der Waals surface area contributed by atoms with Crippen LogP contribution in [0, 0.1) is 5.92 Å². The van der Waals surface area contributed by atoms with Gasteiger partial charge in [0.1, 0.15) is 5.82 Å². The number of nitrogens with zero attached hydrogens (tertiary/aromatic N) is 2. The number of anilines is 1. The summed E-state index contributed by atoms with van der Waals surface area (Å²) in [7, 11) is 0. The average molecular weight is 354 g/mol. The Morgan fingerprint density at radius 1 is 1.15 bits per heavy atom. The molecule has 1 unspecified atom stereocenters. The quantitative estimate of drug-likeness (QED) is 0.795. The fraction of sp³-hybridized carbons (Fsp3) is 0.429. The minimum absolute atomic E-state index is 0.0585. The first-order valence-corrected chi connectivity index (χ1v) is 9.31. The van der Waals surface area contributed by atoms with Crippen molar-refractivity contribution in [1.29, 1.82) is 0 Å². The lowest BCUT2D eigenvalue weighted by molar-refractivity contribution is -0.122. The Bertz CT molecular complexity index is 742. The van der Waals surface area contributed by atoms with E-state index in [2.05, 4.69) is 4.98 Å². The summed E-state index contributed by atoms with van der Waals surface area (Å²) < 4.78 is 0. The molecule has 1 aliphatic rings. The van der Waals surface area contributed by atoms with Crippen LogP contribution < -0.4 is 4.90 Å². The van der Waals surface area contributed by atoms with Gasteiger partial charge in [0, 0.05) is 18.2 Å². The van der Waals surface area contributed by atoms with E-state index in [4.69, 9.17) is 0 Å². The normalized spacial score (nSPS) is 16.2. The van der Waals surface area contributed by atoms with Gasteiger partial charge in [-0.2, -0.15) is 0 Å². The summed E-state index contributed by atoms with van der Waals surface area (Å²) in [4.78, 5) is 19.6. The number of carbonyl (C=O) groups excluding carboxylic acids is 1. The van der Waals surface area contributed by atoms with E-state index in [1.807, 2.05) is 30.0 Å². The second-order valence-corrected chi connectivity index (χ2v) is 7.12. The van der Waals surface area contributed by atoms with Crippen molar-refractivity contribution in [2.75, 3.05) is 4.90 Å². The third-order valence-corrected chi connectivity index (χ3v) is 5.08. The number of amides is 1. The second-order valence-electron chi connectivity index (χ2n) is 7.12. The third-order valence-electron chi connectivity index (χ3n) is 5.08. The Morgan fingerprint density at radius 2 is 1.92 bits per heavy atom. The molecule has 1 saturated carbocycles. The van der Waals surface area contributed by atoms with Crippen molar-refractivity contribution < 1.29 is 15.0 Å². The number of benzene rings is 1. The van der Waals surface area contributed by atoms with Gasteiger partial charge in [0.15, 0.2) is 11.5 Å². The van der Waals surface area contributed by atoms with Gasteiger partial charge in [-0.1, -0.05) is 38.3 Å². The van der Waals surface area contributed by atoms with Crippen LogP contribution in [0.2, 0.25) is 0 Å². The molecular weight excluding hydrogens is 328 g/mol. The maximum atomic E-state index is 13.3. The Labute approximate surface area is 154 Å². The van der Waals surface area contributed by atoms with Crippen molar-refractivity contribution in [2.45, 2.75) is 51.5 Å². The SMILES string of the molecule is CC(Cc1ccc(O)c(O)c1)C(=O)N(c1ccccn1)C1CCCCC1. The molecule has 1 atom stereocenters. The monoisotopic (exact) mass is 354 g/mol. The molecule has 0 spiro atoms. The van der Waals surface area contributed by atoms with Crippen molar-refractivity contribution in [3.63, 3.8) is 0 Å². The van der Waals surface area contributed by atoms with E-state index >= 15 is 0 Å². The molecular formula is C21H26N2O3. The molecule has 138 valence electrons. The molecule has 2 N–H and O–H groups in total. The van der Waals surface area contributed by atoms with E-state index in [9.17, 15) is 15.0 Å². The van der Waals surface area contributed by atoms with Crippen LogP contribution in [-0.2, 0) is 11.2 Å². The zero-order valence-electron chi connectivity index (χ0n) is 15.1. The highest BCUT2D eigenvalue weighted by molar-refractivity contribution is 5.94. The van der Waals surface area contributed by atoms with Gasteiger partial charge in [0.05, 0.1) is 0 Å². The van der Waals surface area contributed by atoms with Crippen molar-refractivity contribution >= 4 is 11.7 Å². The molecule has 5 heteroatoms. The fourth-order valence-electron chi connectivity index (χ4n) is 3.69. The summed E-state index contributed by atoms with van der Waals surface area (Å²) in [6, 6.07) is 10.6. The van der Waals surface area contributed by atoms with Gasteiger partial charge in [-0.15, -0.1) is 0 Å². The molecule has 2 aromatic rings. The third kappa shape index (κ3) is 4.15. The fourth-order valence-corrected chi connectivity index (χ4v) is 3.69. The summed E-state index contributed by atoms with van der Waals surface area (Å²) in [5.74, 6) is 0.219. The summed E-state index contributed by atoms with van der Waals surface area (Å²) >= 11 is 0. The van der Waals surface area contributed by atoms with Crippen molar-refractivity contribution in [3.05, 3.63) is 48.2 Å². The van der Waals surface area contributed by atoms with Crippen LogP contribution in [0.4, 0.5) is 5.82 Å². The lowest BCUT2D eigenvalue weighted by atomic mass is 9.92. The van der Waals surface area contributed by atoms with Gasteiger partial charge in [-0.25, -0.2) is 4.98 Å². The molecule has 5 nitrogen and oxygen atoms in total. The predicted molar refractivity (Wildman–Crippen MR) is 101 cm³/mol. The van der Waals surface area contributed by atoms with E-state index in [-0.39, 0.29) is 29.4 Å². The molecule has 3 rings (SSSR count). The molecule has 1 fully saturated rings. The topological polar surface area (TPSA) is 73.7 Å². The summed E-state index contributed by atoms with van der Waals surface area (Å²) in [6.07, 6.45) is 7.75. The van der Waals surface area contributed by atoms with Crippen molar-refractivity contribution in [2.24, 2.45) is 5.92 Å². The smallest absolute Gasteiger partial charge is 0.231 e. The zero-order chi connectivity index (χ0) is 18.5. The number of phenolic OH excluding ortho intramolecular Hbond substituents is 2. The lowest BCUT2D eigenvalue weighted by Crippen LogP contribution is -2.45. The van der Waals surface area contributed by atoms with Gasteiger partial charge in [-0.05, 0) is 49.1 Å². The maximum Gasteiger partial charge on any atom is 0.231 e. The van der Waals surface area contributed by atoms with E-state index in [1.165, 1.54) is 18.6 Å².